The summed E-state index contributed by atoms with van der Waals surface area (Å²) in [6.45, 7) is 6.25. The molecule has 226 valence electrons. The molecule has 3 fully saturated rings. The fourth-order valence-electron chi connectivity index (χ4n) is 6.86. The van der Waals surface area contributed by atoms with Gasteiger partial charge in [-0.3, -0.25) is 9.10 Å². The van der Waals surface area contributed by atoms with Gasteiger partial charge in [-0.05, 0) is 92.0 Å². The van der Waals surface area contributed by atoms with E-state index in [1.165, 1.54) is 0 Å². The minimum Gasteiger partial charge on any atom is -0.329 e. The number of hydrogen-bond acceptors (Lipinski definition) is 3. The standard InChI is InChI=1S/C35H38Cl2N2O3S/c1-3-20-35(2)22-31(26-8-7-9-28(37)21-26)33(25-14-16-27(36)17-15-25)39(34(35)40)32(24-12-13-24)23-38(29-10-5-4-6-11-29)43(41,42)30-18-19-30/h3-11,14-17,21,24,30-33H,1,12-13,18-20,22-23H2,2H3. The molecule has 1 saturated heterocycles. The number of piperidine rings is 1. The van der Waals surface area contributed by atoms with Crippen molar-refractivity contribution < 1.29 is 13.2 Å². The smallest absolute Gasteiger partial charge is 0.238 e. The van der Waals surface area contributed by atoms with Crippen molar-refractivity contribution in [3.8, 4) is 0 Å². The number of halogens is 2. The predicted octanol–water partition coefficient (Wildman–Crippen LogP) is 8.41. The summed E-state index contributed by atoms with van der Waals surface area (Å²) in [4.78, 5) is 16.9. The van der Waals surface area contributed by atoms with Gasteiger partial charge in [0.25, 0.3) is 0 Å². The molecule has 3 aliphatic rings. The van der Waals surface area contributed by atoms with Crippen LogP contribution >= 0.6 is 23.2 Å². The zero-order valence-corrected chi connectivity index (χ0v) is 26.7. The van der Waals surface area contributed by atoms with Gasteiger partial charge in [-0.15, -0.1) is 6.58 Å². The van der Waals surface area contributed by atoms with Crippen LogP contribution in [0.5, 0.6) is 0 Å². The van der Waals surface area contributed by atoms with E-state index in [4.69, 9.17) is 23.2 Å². The van der Waals surface area contributed by atoms with Crippen LogP contribution in [0.25, 0.3) is 0 Å². The Morgan fingerprint density at radius 2 is 1.65 bits per heavy atom. The lowest BCUT2D eigenvalue weighted by Crippen LogP contribution is -2.59. The number of allylic oxidation sites excluding steroid dienone is 1. The second-order valence-electron chi connectivity index (χ2n) is 12.6. The number of hydrogen-bond donors (Lipinski definition) is 0. The van der Waals surface area contributed by atoms with Gasteiger partial charge in [-0.2, -0.15) is 0 Å². The first-order valence-electron chi connectivity index (χ1n) is 15.1. The molecule has 0 aromatic heterocycles. The minimum absolute atomic E-state index is 0.0411. The van der Waals surface area contributed by atoms with Crippen molar-refractivity contribution in [3.63, 3.8) is 0 Å². The van der Waals surface area contributed by atoms with E-state index < -0.39 is 15.4 Å². The molecule has 0 N–H and O–H groups in total. The number of likely N-dealkylation sites (tertiary alicyclic amines) is 1. The molecule has 1 aliphatic heterocycles. The molecular formula is C35H38Cl2N2O3S. The maximum Gasteiger partial charge on any atom is 0.238 e. The lowest BCUT2D eigenvalue weighted by molar-refractivity contribution is -0.154. The fourth-order valence-corrected chi connectivity index (χ4v) is 9.06. The highest BCUT2D eigenvalue weighted by Crippen LogP contribution is 2.54. The van der Waals surface area contributed by atoms with Gasteiger partial charge >= 0.3 is 0 Å². The van der Waals surface area contributed by atoms with Crippen molar-refractivity contribution in [2.24, 2.45) is 11.3 Å². The lowest BCUT2D eigenvalue weighted by atomic mass is 9.67. The molecule has 1 heterocycles. The molecule has 6 rings (SSSR count). The Kier molecular flexibility index (Phi) is 8.40. The van der Waals surface area contributed by atoms with E-state index >= 15 is 0 Å². The number of para-hydroxylation sites is 1. The van der Waals surface area contributed by atoms with Gasteiger partial charge in [0, 0.05) is 16.0 Å². The molecule has 8 heteroatoms. The molecule has 5 nitrogen and oxygen atoms in total. The van der Waals surface area contributed by atoms with E-state index in [-0.39, 0.29) is 41.6 Å². The Morgan fingerprint density at radius 3 is 2.26 bits per heavy atom. The van der Waals surface area contributed by atoms with E-state index in [1.54, 1.807) is 4.31 Å². The number of anilines is 1. The maximum absolute atomic E-state index is 14.9. The number of amides is 1. The summed E-state index contributed by atoms with van der Waals surface area (Å²) in [6, 6.07) is 24.4. The van der Waals surface area contributed by atoms with E-state index in [0.29, 0.717) is 41.4 Å². The number of carbonyl (C=O) groups excluding carboxylic acids is 1. The van der Waals surface area contributed by atoms with Crippen LogP contribution in [0.3, 0.4) is 0 Å². The van der Waals surface area contributed by atoms with Crippen LogP contribution in [-0.4, -0.2) is 37.1 Å². The molecule has 1 amide bonds. The maximum atomic E-state index is 14.9. The van der Waals surface area contributed by atoms with Crippen LogP contribution in [0, 0.1) is 11.3 Å². The molecule has 3 aromatic rings. The quantitative estimate of drug-likeness (QED) is 0.199. The van der Waals surface area contributed by atoms with Crippen LogP contribution in [-0.2, 0) is 14.8 Å². The molecule has 0 bridgehead atoms. The van der Waals surface area contributed by atoms with Crippen LogP contribution in [0.4, 0.5) is 5.69 Å². The summed E-state index contributed by atoms with van der Waals surface area (Å²) < 4.78 is 29.5. The van der Waals surface area contributed by atoms with Crippen molar-refractivity contribution in [1.29, 1.82) is 0 Å². The highest BCUT2D eigenvalue weighted by atomic mass is 35.5. The van der Waals surface area contributed by atoms with Crippen molar-refractivity contribution in [2.75, 3.05) is 10.8 Å². The average molecular weight is 638 g/mol. The van der Waals surface area contributed by atoms with E-state index in [1.807, 2.05) is 85.8 Å². The van der Waals surface area contributed by atoms with E-state index in [9.17, 15) is 13.2 Å². The Bertz CT molecular complexity index is 1590. The van der Waals surface area contributed by atoms with Gasteiger partial charge in [0.05, 0.1) is 35.0 Å². The average Bonchev–Trinajstić information content (AvgIpc) is 3.90. The van der Waals surface area contributed by atoms with E-state index in [0.717, 1.165) is 24.0 Å². The minimum atomic E-state index is -3.59. The lowest BCUT2D eigenvalue weighted by Gasteiger charge is -2.53. The number of carbonyl (C=O) groups is 1. The summed E-state index contributed by atoms with van der Waals surface area (Å²) in [5.74, 6) is 0.166. The molecule has 0 spiro atoms. The summed E-state index contributed by atoms with van der Waals surface area (Å²) >= 11 is 12.9. The van der Waals surface area contributed by atoms with Crippen molar-refractivity contribution in [2.45, 2.75) is 68.7 Å². The second kappa shape index (κ2) is 11.9. The predicted molar refractivity (Wildman–Crippen MR) is 175 cm³/mol. The van der Waals surface area contributed by atoms with Gasteiger partial charge < -0.3 is 4.90 Å². The summed E-state index contributed by atoms with van der Waals surface area (Å²) in [7, 11) is -3.59. The Morgan fingerprint density at radius 1 is 0.953 bits per heavy atom. The highest BCUT2D eigenvalue weighted by molar-refractivity contribution is 7.93. The first-order chi connectivity index (χ1) is 20.6. The summed E-state index contributed by atoms with van der Waals surface area (Å²) in [5, 5.41) is 0.894. The molecule has 4 unspecified atom stereocenters. The topological polar surface area (TPSA) is 57.7 Å². The number of sulfonamides is 1. The Labute approximate surface area is 265 Å². The molecule has 0 radical (unpaired) electrons. The number of rotatable bonds is 11. The van der Waals surface area contributed by atoms with Crippen LogP contribution in [0.2, 0.25) is 10.0 Å². The SMILES string of the molecule is C=CCC1(C)CC(c2cccc(Cl)c2)C(c2ccc(Cl)cc2)N(C(CN(c2ccccc2)S(=O)(=O)C2CC2)C2CC2)C1=O. The van der Waals surface area contributed by atoms with Gasteiger partial charge in [-0.25, -0.2) is 8.42 Å². The molecular weight excluding hydrogens is 599 g/mol. The zero-order chi connectivity index (χ0) is 30.4. The van der Waals surface area contributed by atoms with Crippen LogP contribution in [0.1, 0.15) is 68.5 Å². The normalized spacial score (nSPS) is 24.9. The summed E-state index contributed by atoms with van der Waals surface area (Å²) in [6.07, 6.45) is 6.21. The molecule has 2 aliphatic carbocycles. The number of nitrogens with zero attached hydrogens (tertiary/aromatic N) is 2. The third kappa shape index (κ3) is 6.11. The largest absolute Gasteiger partial charge is 0.329 e. The Balaban J connectivity index is 1.51. The van der Waals surface area contributed by atoms with Crippen LogP contribution in [0.15, 0.2) is 91.5 Å². The summed E-state index contributed by atoms with van der Waals surface area (Å²) in [5.41, 5.74) is 1.97. The van der Waals surface area contributed by atoms with Crippen molar-refractivity contribution >= 4 is 44.8 Å². The van der Waals surface area contributed by atoms with E-state index in [2.05, 4.69) is 17.5 Å². The van der Waals surface area contributed by atoms with Gasteiger partial charge in [0.15, 0.2) is 0 Å². The molecule has 43 heavy (non-hydrogen) atoms. The highest BCUT2D eigenvalue weighted by Gasteiger charge is 2.54. The van der Waals surface area contributed by atoms with Crippen LogP contribution < -0.4 is 4.31 Å². The second-order valence-corrected chi connectivity index (χ2v) is 15.7. The molecule has 2 saturated carbocycles. The fraction of sp³-hybridized carbons (Fsp3) is 0.400. The number of benzene rings is 3. The van der Waals surface area contributed by atoms with Gasteiger partial charge in [0.1, 0.15) is 0 Å². The first kappa shape index (κ1) is 30.2. The van der Waals surface area contributed by atoms with Crippen molar-refractivity contribution in [3.05, 3.63) is 113 Å². The zero-order valence-electron chi connectivity index (χ0n) is 24.4. The third-order valence-electron chi connectivity index (χ3n) is 9.36. The van der Waals surface area contributed by atoms with Gasteiger partial charge in [0.2, 0.25) is 15.9 Å². The first-order valence-corrected chi connectivity index (χ1v) is 17.4. The Hall–Kier alpha value is -2.80. The third-order valence-corrected chi connectivity index (χ3v) is 12.1. The molecule has 4 atom stereocenters. The molecule has 3 aromatic carbocycles. The van der Waals surface area contributed by atoms with Gasteiger partial charge in [-0.1, -0.05) is 78.7 Å². The van der Waals surface area contributed by atoms with Crippen molar-refractivity contribution in [1.82, 2.24) is 4.90 Å². The monoisotopic (exact) mass is 636 g/mol.